The summed E-state index contributed by atoms with van der Waals surface area (Å²) < 4.78 is 0. The van der Waals surface area contributed by atoms with Gasteiger partial charge in [0.1, 0.15) is 0 Å². The van der Waals surface area contributed by atoms with E-state index in [-0.39, 0.29) is 40.0 Å². The molecule has 0 bridgehead atoms. The van der Waals surface area contributed by atoms with Gasteiger partial charge < -0.3 is 22.3 Å². The fraction of sp³-hybridized carbons (Fsp3) is 1.00. The van der Waals surface area contributed by atoms with Crippen LogP contribution < -0.4 is 22.3 Å². The van der Waals surface area contributed by atoms with Crippen molar-refractivity contribution in [1.29, 1.82) is 0 Å². The Morgan fingerprint density at radius 3 is 1.20 bits per heavy atom. The van der Waals surface area contributed by atoms with E-state index in [0.29, 0.717) is 0 Å². The van der Waals surface area contributed by atoms with Gasteiger partial charge in [0.25, 0.3) is 0 Å². The number of hydrogen-bond acceptors (Lipinski definition) is 1. The Hall–Kier alpha value is 1.21. The van der Waals surface area contributed by atoms with Crippen LogP contribution in [0.5, 0.6) is 0 Å². The Bertz CT molecular complexity index is 9.61. The van der Waals surface area contributed by atoms with Gasteiger partial charge in [-0.05, 0) is 14.1 Å². The maximum absolute atomic E-state index is 2.75. The van der Waals surface area contributed by atoms with Gasteiger partial charge in [-0.3, -0.25) is 0 Å². The van der Waals surface area contributed by atoms with Crippen LogP contribution in [0.15, 0.2) is 0 Å². The largest absolute Gasteiger partial charge is 2.00 e. The summed E-state index contributed by atoms with van der Waals surface area (Å²) in [7, 11) is 3.75. The second kappa shape index (κ2) is 18.9. The Labute approximate surface area is 59.4 Å². The van der Waals surface area contributed by atoms with E-state index < -0.39 is 0 Å². The summed E-state index contributed by atoms with van der Waals surface area (Å²) in [5.74, 6) is 0. The average molecular weight is 149 g/mol. The predicted molar refractivity (Wildman–Crippen MR) is 20.7 cm³/mol. The molecule has 0 unspecified atom stereocenters. The summed E-state index contributed by atoms with van der Waals surface area (Å²) in [6, 6.07) is 0. The molecule has 0 aromatic rings. The fourth-order valence-electron chi connectivity index (χ4n) is 0. The molecule has 0 aromatic carbocycles. The molecule has 28 valence electrons. The van der Waals surface area contributed by atoms with Gasteiger partial charge in [0, 0.05) is 0 Å². The molecule has 0 aliphatic carbocycles. The Morgan fingerprint density at radius 2 is 1.20 bits per heavy atom. The molecule has 0 atom stereocenters. The summed E-state index contributed by atoms with van der Waals surface area (Å²) in [4.78, 5) is 0. The first kappa shape index (κ1) is 16.4. The summed E-state index contributed by atoms with van der Waals surface area (Å²) in [5.41, 5.74) is 0. The van der Waals surface area contributed by atoms with E-state index in [2.05, 4.69) is 5.32 Å². The standard InChI is InChI=1S/C2H7N.BrH.Mg/c1-3-2;;/h3H,1-2H3;1H;/q;;+2/p-1. The van der Waals surface area contributed by atoms with E-state index in [1.54, 1.807) is 0 Å². The predicted octanol–water partition coefficient (Wildman–Crippen LogP) is -3.54. The molecule has 0 saturated heterocycles. The Balaban J connectivity index is -0.0000000200. The van der Waals surface area contributed by atoms with Crippen molar-refractivity contribution in [2.75, 3.05) is 14.1 Å². The zero-order valence-corrected chi connectivity index (χ0v) is 6.59. The average Bonchev–Trinajstić information content (AvgIpc) is 0.918. The zero-order chi connectivity index (χ0) is 2.71. The minimum absolute atomic E-state index is 0. The third-order valence-electron chi connectivity index (χ3n) is 0. The van der Waals surface area contributed by atoms with Crippen LogP contribution in [-0.4, -0.2) is 37.1 Å². The van der Waals surface area contributed by atoms with Crippen LogP contribution in [0.25, 0.3) is 0 Å². The minimum atomic E-state index is 0. The summed E-state index contributed by atoms with van der Waals surface area (Å²) in [5, 5.41) is 2.75. The molecule has 0 aliphatic heterocycles. The van der Waals surface area contributed by atoms with Gasteiger partial charge in [-0.25, -0.2) is 0 Å². The molecule has 0 spiro atoms. The van der Waals surface area contributed by atoms with Gasteiger partial charge >= 0.3 is 23.1 Å². The normalized spacial score (nSPS) is 3.60. The van der Waals surface area contributed by atoms with Crippen molar-refractivity contribution in [3.05, 3.63) is 0 Å². The van der Waals surface area contributed by atoms with Crippen molar-refractivity contribution in [3.63, 3.8) is 0 Å². The number of halogens is 1. The number of nitrogens with one attached hydrogen (secondary N) is 1. The van der Waals surface area contributed by atoms with E-state index in [4.69, 9.17) is 0 Å². The van der Waals surface area contributed by atoms with Gasteiger partial charge in [-0.2, -0.15) is 0 Å². The zero-order valence-electron chi connectivity index (χ0n) is 3.59. The van der Waals surface area contributed by atoms with Gasteiger partial charge in [0.05, 0.1) is 0 Å². The molecule has 0 fully saturated rings. The van der Waals surface area contributed by atoms with Gasteiger partial charge in [0.15, 0.2) is 0 Å². The van der Waals surface area contributed by atoms with E-state index in [0.717, 1.165) is 0 Å². The second-order valence-electron chi connectivity index (χ2n) is 0.500. The van der Waals surface area contributed by atoms with Crippen molar-refractivity contribution in [1.82, 2.24) is 5.32 Å². The maximum atomic E-state index is 2.75. The fourth-order valence-corrected chi connectivity index (χ4v) is 0. The molecule has 3 heteroatoms. The molecular weight excluding hydrogens is 142 g/mol. The second-order valence-corrected chi connectivity index (χ2v) is 0.500. The van der Waals surface area contributed by atoms with E-state index in [1.165, 1.54) is 0 Å². The van der Waals surface area contributed by atoms with Crippen LogP contribution in [0.4, 0.5) is 0 Å². The van der Waals surface area contributed by atoms with Crippen molar-refractivity contribution in [3.8, 4) is 0 Å². The van der Waals surface area contributed by atoms with Gasteiger partial charge in [-0.15, -0.1) is 0 Å². The topological polar surface area (TPSA) is 12.0 Å². The van der Waals surface area contributed by atoms with Crippen LogP contribution in [-0.2, 0) is 0 Å². The monoisotopic (exact) mass is 148 g/mol. The summed E-state index contributed by atoms with van der Waals surface area (Å²) in [6.07, 6.45) is 0. The van der Waals surface area contributed by atoms with Gasteiger partial charge in [0.2, 0.25) is 0 Å². The SMILES string of the molecule is CNC.[Br-].[Mg+2]. The molecule has 0 aromatic heterocycles. The van der Waals surface area contributed by atoms with E-state index in [1.807, 2.05) is 14.1 Å². The van der Waals surface area contributed by atoms with Crippen LogP contribution in [0.1, 0.15) is 0 Å². The Morgan fingerprint density at radius 1 is 1.20 bits per heavy atom. The molecule has 1 N–H and O–H groups in total. The molecule has 0 amide bonds. The van der Waals surface area contributed by atoms with Crippen molar-refractivity contribution < 1.29 is 17.0 Å². The van der Waals surface area contributed by atoms with Crippen molar-refractivity contribution in [2.45, 2.75) is 0 Å². The number of hydrogen-bond donors (Lipinski definition) is 1. The molecule has 0 aliphatic rings. The molecule has 0 saturated carbocycles. The van der Waals surface area contributed by atoms with E-state index >= 15 is 0 Å². The van der Waals surface area contributed by atoms with Crippen molar-refractivity contribution >= 4 is 23.1 Å². The first-order chi connectivity index (χ1) is 1.41. The third kappa shape index (κ3) is 36.8. The molecule has 1 nitrogen and oxygen atoms in total. The van der Waals surface area contributed by atoms with Crippen LogP contribution in [0.2, 0.25) is 0 Å². The summed E-state index contributed by atoms with van der Waals surface area (Å²) >= 11 is 0. The molecule has 0 radical (unpaired) electrons. The van der Waals surface area contributed by atoms with Gasteiger partial charge in [-0.1, -0.05) is 0 Å². The summed E-state index contributed by atoms with van der Waals surface area (Å²) in [6.45, 7) is 0. The van der Waals surface area contributed by atoms with Crippen LogP contribution >= 0.6 is 0 Å². The van der Waals surface area contributed by atoms with Crippen LogP contribution in [0.3, 0.4) is 0 Å². The van der Waals surface area contributed by atoms with Crippen LogP contribution in [0, 0.1) is 0 Å². The Kier molecular flexibility index (Phi) is 61.9. The quantitative estimate of drug-likeness (QED) is 0.352. The molecule has 5 heavy (non-hydrogen) atoms. The molecule has 0 rings (SSSR count). The number of rotatable bonds is 0. The van der Waals surface area contributed by atoms with E-state index in [9.17, 15) is 0 Å². The first-order valence-corrected chi connectivity index (χ1v) is 1.00. The molecular formula is C2H7BrMgN+. The maximum Gasteiger partial charge on any atom is 2.00 e. The third-order valence-corrected chi connectivity index (χ3v) is 0. The first-order valence-electron chi connectivity index (χ1n) is 1.00. The smallest absolute Gasteiger partial charge is 1.00 e. The molecule has 0 heterocycles. The minimum Gasteiger partial charge on any atom is -1.00 e. The van der Waals surface area contributed by atoms with Crippen molar-refractivity contribution in [2.24, 2.45) is 0 Å².